The van der Waals surface area contributed by atoms with Gasteiger partial charge in [-0.3, -0.25) is 20.4 Å². The van der Waals surface area contributed by atoms with Gasteiger partial charge >= 0.3 is 6.61 Å². The number of halogens is 2. The molecule has 4 rings (SSSR count). The molecule has 0 aliphatic rings. The summed E-state index contributed by atoms with van der Waals surface area (Å²) in [5, 5.41) is 0.814. The number of nitrogens with zero attached hydrogens (tertiary/aromatic N) is 1. The molecule has 7 nitrogen and oxygen atoms in total. The first kappa shape index (κ1) is 22.3. The topological polar surface area (TPSA) is 96.1 Å². The van der Waals surface area contributed by atoms with E-state index in [9.17, 15) is 18.4 Å². The Morgan fingerprint density at radius 3 is 2.12 bits per heavy atom. The summed E-state index contributed by atoms with van der Waals surface area (Å²) in [7, 11) is 0. The van der Waals surface area contributed by atoms with E-state index in [0.29, 0.717) is 11.3 Å². The average molecular weight is 468 g/mol. The number of carbonyl (C=O) groups excluding carboxylic acids is 2. The van der Waals surface area contributed by atoms with Crippen LogP contribution in [0.1, 0.15) is 26.3 Å². The third-order valence-corrected chi connectivity index (χ3v) is 5.54. The molecule has 3 N–H and O–H groups in total. The van der Waals surface area contributed by atoms with Crippen molar-refractivity contribution in [2.45, 2.75) is 17.5 Å². The standard InChI is InChI=1S/C23H18F2N4O3S/c24-22(25)32-17-11-9-16(10-12-17)21(31)29-28-20(30)15-7-5-14(6-8-15)13-33-23-26-18-3-1-2-4-19(18)27-23/h1-12,22H,13H2,(H,26,27)(H,28,30)(H,29,31). The summed E-state index contributed by atoms with van der Waals surface area (Å²) in [6.07, 6.45) is 0. The summed E-state index contributed by atoms with van der Waals surface area (Å²) in [5.41, 5.74) is 8.05. The van der Waals surface area contributed by atoms with Crippen LogP contribution in [0.3, 0.4) is 0 Å². The van der Waals surface area contributed by atoms with Crippen LogP contribution >= 0.6 is 11.8 Å². The van der Waals surface area contributed by atoms with Gasteiger partial charge in [-0.15, -0.1) is 0 Å². The highest BCUT2D eigenvalue weighted by Gasteiger charge is 2.11. The maximum absolute atomic E-state index is 12.3. The Balaban J connectivity index is 1.27. The fourth-order valence-corrected chi connectivity index (χ4v) is 3.79. The zero-order valence-corrected chi connectivity index (χ0v) is 17.9. The van der Waals surface area contributed by atoms with Gasteiger partial charge in [0.1, 0.15) is 5.75 Å². The first-order valence-corrected chi connectivity index (χ1v) is 10.8. The van der Waals surface area contributed by atoms with Crippen molar-refractivity contribution in [2.75, 3.05) is 0 Å². The fourth-order valence-electron chi connectivity index (χ4n) is 2.95. The van der Waals surface area contributed by atoms with Gasteiger partial charge in [0.15, 0.2) is 5.16 Å². The number of ether oxygens (including phenoxy) is 1. The van der Waals surface area contributed by atoms with Crippen molar-refractivity contribution in [3.63, 3.8) is 0 Å². The number of rotatable bonds is 7. The molecule has 0 saturated carbocycles. The van der Waals surface area contributed by atoms with Crippen molar-refractivity contribution in [2.24, 2.45) is 0 Å². The van der Waals surface area contributed by atoms with Crippen molar-refractivity contribution in [3.8, 4) is 5.75 Å². The molecular weight excluding hydrogens is 450 g/mol. The number of imidazole rings is 1. The minimum atomic E-state index is -2.95. The first-order valence-electron chi connectivity index (χ1n) is 9.80. The van der Waals surface area contributed by atoms with Crippen molar-refractivity contribution < 1.29 is 23.1 Å². The second-order valence-corrected chi connectivity index (χ2v) is 7.82. The second kappa shape index (κ2) is 10.1. The van der Waals surface area contributed by atoms with E-state index in [1.54, 1.807) is 23.9 Å². The molecule has 4 aromatic rings. The van der Waals surface area contributed by atoms with Crippen LogP contribution in [-0.4, -0.2) is 28.4 Å². The quantitative estimate of drug-likeness (QED) is 0.274. The number of carbonyl (C=O) groups is 2. The van der Waals surface area contributed by atoms with E-state index in [1.807, 2.05) is 36.4 Å². The van der Waals surface area contributed by atoms with E-state index < -0.39 is 18.4 Å². The van der Waals surface area contributed by atoms with Gasteiger partial charge in [0.25, 0.3) is 11.8 Å². The van der Waals surface area contributed by atoms with Gasteiger partial charge in [-0.05, 0) is 54.1 Å². The number of fused-ring (bicyclic) bond motifs is 1. The molecule has 0 aliphatic heterocycles. The minimum absolute atomic E-state index is 0.0656. The van der Waals surface area contributed by atoms with E-state index in [1.165, 1.54) is 24.3 Å². The van der Waals surface area contributed by atoms with Gasteiger partial charge < -0.3 is 9.72 Å². The molecule has 0 fully saturated rings. The van der Waals surface area contributed by atoms with Gasteiger partial charge in [-0.25, -0.2) is 4.98 Å². The van der Waals surface area contributed by atoms with Crippen LogP contribution < -0.4 is 15.6 Å². The van der Waals surface area contributed by atoms with Gasteiger partial charge in [0.2, 0.25) is 0 Å². The normalized spacial score (nSPS) is 10.9. The number of aromatic nitrogens is 2. The van der Waals surface area contributed by atoms with E-state index in [0.717, 1.165) is 21.8 Å². The van der Waals surface area contributed by atoms with E-state index in [-0.39, 0.29) is 11.3 Å². The predicted octanol–water partition coefficient (Wildman–Crippen LogP) is 4.53. The number of amides is 2. The maximum atomic E-state index is 12.3. The molecular formula is C23H18F2N4O3S. The molecule has 1 heterocycles. The number of para-hydroxylation sites is 2. The summed E-state index contributed by atoms with van der Waals surface area (Å²) in [6.45, 7) is -2.95. The zero-order chi connectivity index (χ0) is 23.2. The molecule has 3 aromatic carbocycles. The van der Waals surface area contributed by atoms with Crippen molar-refractivity contribution in [1.82, 2.24) is 20.8 Å². The summed E-state index contributed by atoms with van der Waals surface area (Å²) in [6, 6.07) is 19.9. The summed E-state index contributed by atoms with van der Waals surface area (Å²) in [4.78, 5) is 32.2. The molecule has 0 saturated heterocycles. The Morgan fingerprint density at radius 1 is 0.909 bits per heavy atom. The number of benzene rings is 3. The molecule has 0 bridgehead atoms. The number of nitrogens with one attached hydrogen (secondary N) is 3. The number of hydrazine groups is 1. The lowest BCUT2D eigenvalue weighted by atomic mass is 10.1. The Kier molecular flexibility index (Phi) is 6.84. The molecule has 0 spiro atoms. The lowest BCUT2D eigenvalue weighted by Gasteiger charge is -2.09. The smallest absolute Gasteiger partial charge is 0.387 e. The van der Waals surface area contributed by atoms with E-state index >= 15 is 0 Å². The zero-order valence-electron chi connectivity index (χ0n) is 17.0. The van der Waals surface area contributed by atoms with Gasteiger partial charge in [-0.2, -0.15) is 8.78 Å². The third kappa shape index (κ3) is 5.86. The Labute approximate surface area is 191 Å². The fraction of sp³-hybridized carbons (Fsp3) is 0.0870. The number of aromatic amines is 1. The highest BCUT2D eigenvalue weighted by molar-refractivity contribution is 7.98. The van der Waals surface area contributed by atoms with Crippen LogP contribution in [0.25, 0.3) is 11.0 Å². The number of alkyl halides is 2. The Bertz CT molecular complexity index is 1230. The van der Waals surface area contributed by atoms with Gasteiger partial charge in [0.05, 0.1) is 11.0 Å². The molecule has 2 amide bonds. The molecule has 0 atom stereocenters. The monoisotopic (exact) mass is 468 g/mol. The van der Waals surface area contributed by atoms with Crippen molar-refractivity contribution >= 4 is 34.6 Å². The summed E-state index contributed by atoms with van der Waals surface area (Å²) in [5.74, 6) is -0.476. The van der Waals surface area contributed by atoms with Crippen LogP contribution in [0.15, 0.2) is 78.0 Å². The number of H-pyrrole nitrogens is 1. The molecule has 1 aromatic heterocycles. The van der Waals surface area contributed by atoms with E-state index in [4.69, 9.17) is 0 Å². The SMILES string of the molecule is O=C(NNC(=O)c1ccc(OC(F)F)cc1)c1ccc(CSc2nc3ccccc3[nH]2)cc1. The third-order valence-electron chi connectivity index (χ3n) is 4.59. The molecule has 0 radical (unpaired) electrons. The van der Waals surface area contributed by atoms with Gasteiger partial charge in [0, 0.05) is 16.9 Å². The lowest BCUT2D eigenvalue weighted by Crippen LogP contribution is -2.41. The predicted molar refractivity (Wildman–Crippen MR) is 120 cm³/mol. The number of thioether (sulfide) groups is 1. The minimum Gasteiger partial charge on any atom is -0.435 e. The van der Waals surface area contributed by atoms with Crippen molar-refractivity contribution in [1.29, 1.82) is 0 Å². The molecule has 10 heteroatoms. The largest absolute Gasteiger partial charge is 0.435 e. The molecule has 33 heavy (non-hydrogen) atoms. The van der Waals surface area contributed by atoms with Crippen LogP contribution in [0, 0.1) is 0 Å². The highest BCUT2D eigenvalue weighted by atomic mass is 32.2. The van der Waals surface area contributed by atoms with Gasteiger partial charge in [-0.1, -0.05) is 36.0 Å². The summed E-state index contributed by atoms with van der Waals surface area (Å²) >= 11 is 1.55. The lowest BCUT2D eigenvalue weighted by molar-refractivity contribution is -0.0498. The highest BCUT2D eigenvalue weighted by Crippen LogP contribution is 2.23. The first-order chi connectivity index (χ1) is 16.0. The molecule has 0 unspecified atom stereocenters. The van der Waals surface area contributed by atoms with Crippen LogP contribution in [0.2, 0.25) is 0 Å². The Morgan fingerprint density at radius 2 is 1.52 bits per heavy atom. The maximum Gasteiger partial charge on any atom is 0.387 e. The van der Waals surface area contributed by atoms with Crippen molar-refractivity contribution in [3.05, 3.63) is 89.5 Å². The Hall–Kier alpha value is -3.92. The summed E-state index contributed by atoms with van der Waals surface area (Å²) < 4.78 is 28.6. The number of hydrogen-bond acceptors (Lipinski definition) is 5. The second-order valence-electron chi connectivity index (χ2n) is 6.86. The van der Waals surface area contributed by atoms with Crippen LogP contribution in [-0.2, 0) is 5.75 Å². The van der Waals surface area contributed by atoms with E-state index in [2.05, 4.69) is 25.6 Å². The number of hydrogen-bond donors (Lipinski definition) is 3. The van der Waals surface area contributed by atoms with Crippen LogP contribution in [0.4, 0.5) is 8.78 Å². The van der Waals surface area contributed by atoms with Crippen LogP contribution in [0.5, 0.6) is 5.75 Å². The average Bonchev–Trinajstić information content (AvgIpc) is 3.24. The molecule has 168 valence electrons. The molecule has 0 aliphatic carbocycles.